The average Bonchev–Trinajstić information content (AvgIpc) is 2.88. The number of nitrogens with zero attached hydrogens (tertiary/aromatic N) is 2. The third kappa shape index (κ3) is 5.42. The minimum absolute atomic E-state index is 0.0429. The van der Waals surface area contributed by atoms with Crippen LogP contribution >= 0.6 is 0 Å². The van der Waals surface area contributed by atoms with E-state index < -0.39 is 17.8 Å². The number of hydrogen-bond donors (Lipinski definition) is 1. The van der Waals surface area contributed by atoms with Crippen LogP contribution in [0.25, 0.3) is 0 Å². The first-order valence-corrected chi connectivity index (χ1v) is 11.5. The van der Waals surface area contributed by atoms with E-state index in [4.69, 9.17) is 4.74 Å². The number of nitrogens with one attached hydrogen (secondary N) is 1. The van der Waals surface area contributed by atoms with Crippen LogP contribution in [0.15, 0.2) is 72.9 Å². The molecule has 0 radical (unpaired) electrons. The first-order valence-electron chi connectivity index (χ1n) is 11.5. The predicted octanol–water partition coefficient (Wildman–Crippen LogP) is 5.07. The van der Waals surface area contributed by atoms with Gasteiger partial charge in [0.1, 0.15) is 23.3 Å². The number of hydrogen-bond acceptors (Lipinski definition) is 4. The summed E-state index contributed by atoms with van der Waals surface area (Å²) in [4.78, 5) is 33.0. The summed E-state index contributed by atoms with van der Waals surface area (Å²) in [6.07, 6.45) is 6.57. The van der Waals surface area contributed by atoms with Gasteiger partial charge in [0.05, 0.1) is 7.11 Å². The quantitative estimate of drug-likeness (QED) is 0.534. The van der Waals surface area contributed by atoms with E-state index in [0.29, 0.717) is 11.3 Å². The van der Waals surface area contributed by atoms with E-state index in [9.17, 15) is 14.0 Å². The van der Waals surface area contributed by atoms with Crippen LogP contribution in [-0.2, 0) is 4.79 Å². The van der Waals surface area contributed by atoms with Crippen LogP contribution in [0.2, 0.25) is 0 Å². The SMILES string of the molecule is COc1ccc([C@@H](C(=O)NC2CCCCC2)N(C(=O)c2ccccn2)c2cccc(F)c2)cc1. The summed E-state index contributed by atoms with van der Waals surface area (Å²) in [5, 5.41) is 3.14. The molecule has 0 spiro atoms. The van der Waals surface area contributed by atoms with Crippen LogP contribution in [0.3, 0.4) is 0 Å². The molecule has 34 heavy (non-hydrogen) atoms. The van der Waals surface area contributed by atoms with Gasteiger partial charge >= 0.3 is 0 Å². The van der Waals surface area contributed by atoms with E-state index in [0.717, 1.165) is 32.1 Å². The highest BCUT2D eigenvalue weighted by molar-refractivity contribution is 6.09. The van der Waals surface area contributed by atoms with E-state index in [1.54, 1.807) is 55.6 Å². The lowest BCUT2D eigenvalue weighted by Crippen LogP contribution is -2.47. The van der Waals surface area contributed by atoms with Crippen molar-refractivity contribution >= 4 is 17.5 Å². The Kier molecular flexibility index (Phi) is 7.52. The molecule has 4 rings (SSSR count). The Morgan fingerprint density at radius 3 is 2.44 bits per heavy atom. The van der Waals surface area contributed by atoms with Crippen molar-refractivity contribution in [2.75, 3.05) is 12.0 Å². The van der Waals surface area contributed by atoms with Gasteiger partial charge < -0.3 is 10.1 Å². The molecule has 1 N–H and O–H groups in total. The molecule has 1 aromatic heterocycles. The molecule has 1 saturated carbocycles. The van der Waals surface area contributed by atoms with Gasteiger partial charge in [-0.2, -0.15) is 0 Å². The van der Waals surface area contributed by atoms with Crippen LogP contribution in [-0.4, -0.2) is 29.9 Å². The van der Waals surface area contributed by atoms with Crippen molar-refractivity contribution in [1.29, 1.82) is 0 Å². The second-order valence-electron chi connectivity index (χ2n) is 8.39. The highest BCUT2D eigenvalue weighted by Crippen LogP contribution is 2.31. The Hall–Kier alpha value is -3.74. The molecule has 176 valence electrons. The minimum atomic E-state index is -1.02. The lowest BCUT2D eigenvalue weighted by Gasteiger charge is -2.33. The first-order chi connectivity index (χ1) is 16.6. The largest absolute Gasteiger partial charge is 0.497 e. The first kappa shape index (κ1) is 23.4. The zero-order valence-corrected chi connectivity index (χ0v) is 19.1. The molecule has 0 unspecified atom stereocenters. The molecule has 3 aromatic rings. The molecule has 1 atom stereocenters. The lowest BCUT2D eigenvalue weighted by atomic mass is 9.94. The molecule has 6 nitrogen and oxygen atoms in total. The Labute approximate surface area is 198 Å². The third-order valence-electron chi connectivity index (χ3n) is 6.08. The number of amides is 2. The maximum absolute atomic E-state index is 14.3. The smallest absolute Gasteiger partial charge is 0.277 e. The van der Waals surface area contributed by atoms with Gasteiger partial charge in [0, 0.05) is 17.9 Å². The minimum Gasteiger partial charge on any atom is -0.497 e. The van der Waals surface area contributed by atoms with E-state index in [1.165, 1.54) is 29.3 Å². The maximum atomic E-state index is 14.3. The van der Waals surface area contributed by atoms with Crippen molar-refractivity contribution < 1.29 is 18.7 Å². The van der Waals surface area contributed by atoms with Gasteiger partial charge in [0.2, 0.25) is 5.91 Å². The number of rotatable bonds is 7. The highest BCUT2D eigenvalue weighted by atomic mass is 19.1. The van der Waals surface area contributed by atoms with Crippen molar-refractivity contribution in [1.82, 2.24) is 10.3 Å². The Morgan fingerprint density at radius 1 is 1.03 bits per heavy atom. The van der Waals surface area contributed by atoms with Gasteiger partial charge in [0.25, 0.3) is 5.91 Å². The van der Waals surface area contributed by atoms with Crippen LogP contribution in [0.4, 0.5) is 10.1 Å². The summed E-state index contributed by atoms with van der Waals surface area (Å²) in [6.45, 7) is 0. The van der Waals surface area contributed by atoms with Gasteiger partial charge in [-0.1, -0.05) is 43.5 Å². The maximum Gasteiger partial charge on any atom is 0.277 e. The second-order valence-corrected chi connectivity index (χ2v) is 8.39. The van der Waals surface area contributed by atoms with Gasteiger partial charge in [-0.15, -0.1) is 0 Å². The highest BCUT2D eigenvalue weighted by Gasteiger charge is 2.35. The van der Waals surface area contributed by atoms with E-state index in [2.05, 4.69) is 10.3 Å². The molecular weight excluding hydrogens is 433 g/mol. The van der Waals surface area contributed by atoms with Crippen LogP contribution in [0.5, 0.6) is 5.75 Å². The fourth-order valence-electron chi connectivity index (χ4n) is 4.35. The summed E-state index contributed by atoms with van der Waals surface area (Å²) in [5.74, 6) is -0.683. The number of ether oxygens (including phenoxy) is 1. The van der Waals surface area contributed by atoms with Gasteiger partial charge in [0.15, 0.2) is 0 Å². The molecule has 7 heteroatoms. The zero-order valence-electron chi connectivity index (χ0n) is 19.1. The normalized spacial score (nSPS) is 14.8. The topological polar surface area (TPSA) is 71.5 Å². The van der Waals surface area contributed by atoms with Gasteiger partial charge in [-0.3, -0.25) is 19.5 Å². The number of pyridine rings is 1. The second kappa shape index (κ2) is 10.9. The fourth-order valence-corrected chi connectivity index (χ4v) is 4.35. The number of carbonyl (C=O) groups is 2. The van der Waals surface area contributed by atoms with Crippen molar-refractivity contribution in [2.24, 2.45) is 0 Å². The van der Waals surface area contributed by atoms with Gasteiger partial charge in [-0.05, 0) is 60.9 Å². The molecule has 2 amide bonds. The summed E-state index contributed by atoms with van der Waals surface area (Å²) in [7, 11) is 1.56. The summed E-state index contributed by atoms with van der Waals surface area (Å²) < 4.78 is 19.5. The van der Waals surface area contributed by atoms with Crippen molar-refractivity contribution in [3.8, 4) is 5.75 Å². The molecular formula is C27H28FN3O3. The van der Waals surface area contributed by atoms with Crippen LogP contribution in [0, 0.1) is 5.82 Å². The summed E-state index contributed by atoms with van der Waals surface area (Å²) in [5.41, 5.74) is 1.02. The van der Waals surface area contributed by atoms with Crippen molar-refractivity contribution in [3.63, 3.8) is 0 Å². The van der Waals surface area contributed by atoms with E-state index in [1.807, 2.05) is 0 Å². The predicted molar refractivity (Wildman–Crippen MR) is 128 cm³/mol. The van der Waals surface area contributed by atoms with Crippen molar-refractivity contribution in [2.45, 2.75) is 44.2 Å². The number of carbonyl (C=O) groups excluding carboxylic acids is 2. The number of halogens is 1. The van der Waals surface area contributed by atoms with E-state index >= 15 is 0 Å². The number of methoxy groups -OCH3 is 1. The molecule has 0 aliphatic heterocycles. The summed E-state index contributed by atoms with van der Waals surface area (Å²) in [6, 6.07) is 16.7. The van der Waals surface area contributed by atoms with Gasteiger partial charge in [-0.25, -0.2) is 4.39 Å². The fraction of sp³-hybridized carbons (Fsp3) is 0.296. The molecule has 1 heterocycles. The summed E-state index contributed by atoms with van der Waals surface area (Å²) >= 11 is 0. The van der Waals surface area contributed by atoms with Crippen LogP contribution < -0.4 is 15.0 Å². The molecule has 0 bridgehead atoms. The molecule has 0 saturated heterocycles. The third-order valence-corrected chi connectivity index (χ3v) is 6.08. The number of anilines is 1. The lowest BCUT2D eigenvalue weighted by molar-refractivity contribution is -0.123. The van der Waals surface area contributed by atoms with Crippen LogP contribution in [0.1, 0.15) is 54.2 Å². The molecule has 1 fully saturated rings. The Bertz CT molecular complexity index is 1120. The zero-order chi connectivity index (χ0) is 23.9. The van der Waals surface area contributed by atoms with E-state index in [-0.39, 0.29) is 23.3 Å². The molecule has 2 aromatic carbocycles. The Balaban J connectivity index is 1.80. The monoisotopic (exact) mass is 461 g/mol. The molecule has 1 aliphatic rings. The van der Waals surface area contributed by atoms with Crippen molar-refractivity contribution in [3.05, 3.63) is 90.0 Å². The number of benzene rings is 2. The molecule has 1 aliphatic carbocycles. The average molecular weight is 462 g/mol. The standard InChI is InChI=1S/C27H28FN3O3/c1-34-23-15-13-19(14-16-23)25(26(32)30-21-9-3-2-4-10-21)31(22-11-7-8-20(28)18-22)27(33)24-12-5-6-17-29-24/h5-8,11-18,21,25H,2-4,9-10H2,1H3,(H,30,32)/t25-/m0/s1. The number of aromatic nitrogens is 1. The Morgan fingerprint density at radius 2 is 1.79 bits per heavy atom.